The van der Waals surface area contributed by atoms with Crippen molar-refractivity contribution in [1.82, 2.24) is 4.98 Å². The molecule has 2 aliphatic rings. The van der Waals surface area contributed by atoms with Gasteiger partial charge in [0.25, 0.3) is 0 Å². The molecule has 3 heterocycles. The van der Waals surface area contributed by atoms with Crippen LogP contribution in [0.1, 0.15) is 30.4 Å². The Labute approximate surface area is 85.0 Å². The quantitative estimate of drug-likeness (QED) is 0.621. The van der Waals surface area contributed by atoms with E-state index < -0.39 is 0 Å². The second-order valence-electron chi connectivity index (χ2n) is 4.46. The van der Waals surface area contributed by atoms with Crippen LogP contribution in [0.5, 0.6) is 0 Å². The van der Waals surface area contributed by atoms with Gasteiger partial charge >= 0.3 is 0 Å². The van der Waals surface area contributed by atoms with Crippen molar-refractivity contribution in [1.29, 1.82) is 0 Å². The number of nitrogens with zero attached hydrogens (tertiary/aromatic N) is 2. The molecule has 1 aromatic rings. The van der Waals surface area contributed by atoms with Crippen molar-refractivity contribution in [3.8, 4) is 0 Å². The molecule has 1 unspecified atom stereocenters. The number of rotatable bonds is 0. The Kier molecular flexibility index (Phi) is 1.76. The number of fused-ring (bicyclic) bond motifs is 3. The van der Waals surface area contributed by atoms with Gasteiger partial charge in [0.2, 0.25) is 0 Å². The molecule has 0 N–H and O–H groups in total. The molecule has 1 saturated heterocycles. The smallest absolute Gasteiger partial charge is 0.132 e. The molecule has 0 amide bonds. The number of aromatic nitrogens is 1. The molecule has 1 atom stereocenters. The molecule has 2 heteroatoms. The van der Waals surface area contributed by atoms with E-state index in [0.29, 0.717) is 0 Å². The van der Waals surface area contributed by atoms with Crippen molar-refractivity contribution in [2.24, 2.45) is 0 Å². The van der Waals surface area contributed by atoms with Crippen LogP contribution in [0.15, 0.2) is 12.3 Å². The van der Waals surface area contributed by atoms with Gasteiger partial charge in [-0.15, -0.1) is 0 Å². The zero-order valence-electron chi connectivity index (χ0n) is 8.66. The van der Waals surface area contributed by atoms with Gasteiger partial charge in [-0.05, 0) is 49.8 Å². The first-order valence-electron chi connectivity index (χ1n) is 5.57. The number of hydrogen-bond donors (Lipinski definition) is 0. The molecule has 0 bridgehead atoms. The third kappa shape index (κ3) is 1.06. The first-order valence-corrected chi connectivity index (χ1v) is 5.57. The Hall–Kier alpha value is -1.05. The summed E-state index contributed by atoms with van der Waals surface area (Å²) < 4.78 is 0. The van der Waals surface area contributed by atoms with E-state index in [1.165, 1.54) is 49.2 Å². The van der Waals surface area contributed by atoms with E-state index in [1.807, 2.05) is 6.20 Å². The molecular formula is C12H16N2. The Morgan fingerprint density at radius 1 is 1.43 bits per heavy atom. The Morgan fingerprint density at radius 2 is 2.36 bits per heavy atom. The first-order chi connectivity index (χ1) is 6.86. The molecule has 1 fully saturated rings. The highest BCUT2D eigenvalue weighted by molar-refractivity contribution is 5.54. The number of anilines is 1. The van der Waals surface area contributed by atoms with E-state index in [-0.39, 0.29) is 0 Å². The van der Waals surface area contributed by atoms with E-state index >= 15 is 0 Å². The molecule has 0 aromatic carbocycles. The molecule has 2 aliphatic heterocycles. The fourth-order valence-electron chi connectivity index (χ4n) is 2.86. The van der Waals surface area contributed by atoms with Crippen molar-refractivity contribution in [2.45, 2.75) is 38.6 Å². The minimum absolute atomic E-state index is 0.789. The van der Waals surface area contributed by atoms with Gasteiger partial charge in [-0.2, -0.15) is 0 Å². The van der Waals surface area contributed by atoms with Gasteiger partial charge in [-0.3, -0.25) is 0 Å². The van der Waals surface area contributed by atoms with Gasteiger partial charge in [0.05, 0.1) is 0 Å². The van der Waals surface area contributed by atoms with Crippen LogP contribution in [0.2, 0.25) is 0 Å². The van der Waals surface area contributed by atoms with Gasteiger partial charge in [-0.1, -0.05) is 0 Å². The third-order valence-electron chi connectivity index (χ3n) is 3.64. The third-order valence-corrected chi connectivity index (χ3v) is 3.64. The minimum Gasteiger partial charge on any atom is -0.353 e. The minimum atomic E-state index is 0.789. The van der Waals surface area contributed by atoms with Crippen molar-refractivity contribution < 1.29 is 0 Å². The lowest BCUT2D eigenvalue weighted by atomic mass is 9.96. The lowest BCUT2D eigenvalue weighted by Crippen LogP contribution is -2.34. The van der Waals surface area contributed by atoms with Crippen LogP contribution in [0.4, 0.5) is 5.82 Å². The van der Waals surface area contributed by atoms with Crippen LogP contribution >= 0.6 is 0 Å². The van der Waals surface area contributed by atoms with Crippen LogP contribution in [-0.2, 0) is 6.42 Å². The molecule has 2 nitrogen and oxygen atoms in total. The summed E-state index contributed by atoms with van der Waals surface area (Å²) in [5.41, 5.74) is 2.91. The summed E-state index contributed by atoms with van der Waals surface area (Å²) in [6.07, 6.45) is 7.24. The van der Waals surface area contributed by atoms with Crippen molar-refractivity contribution in [3.63, 3.8) is 0 Å². The van der Waals surface area contributed by atoms with Gasteiger partial charge in [0.1, 0.15) is 5.82 Å². The molecule has 1 aromatic heterocycles. The molecule has 3 rings (SSSR count). The van der Waals surface area contributed by atoms with Crippen LogP contribution in [0.3, 0.4) is 0 Å². The molecule has 0 saturated carbocycles. The van der Waals surface area contributed by atoms with E-state index in [4.69, 9.17) is 0 Å². The highest BCUT2D eigenvalue weighted by atomic mass is 15.2. The van der Waals surface area contributed by atoms with Crippen molar-refractivity contribution in [3.05, 3.63) is 23.4 Å². The predicted octanol–water partition coefficient (Wildman–Crippen LogP) is 2.31. The molecular weight excluding hydrogens is 172 g/mol. The summed E-state index contributed by atoms with van der Waals surface area (Å²) in [6.45, 7) is 3.42. The molecule has 14 heavy (non-hydrogen) atoms. The normalized spacial score (nSPS) is 24.6. The maximum atomic E-state index is 4.55. The molecule has 74 valence electrons. The number of hydrogen-bond acceptors (Lipinski definition) is 2. The molecule has 0 aliphatic carbocycles. The summed E-state index contributed by atoms with van der Waals surface area (Å²) in [4.78, 5) is 7.07. The van der Waals surface area contributed by atoms with Gasteiger partial charge in [0, 0.05) is 18.8 Å². The summed E-state index contributed by atoms with van der Waals surface area (Å²) in [5, 5.41) is 0. The summed E-state index contributed by atoms with van der Waals surface area (Å²) >= 11 is 0. The fraction of sp³-hybridized carbons (Fsp3) is 0.583. The van der Waals surface area contributed by atoms with E-state index in [0.717, 1.165) is 6.04 Å². The number of pyridine rings is 1. The average molecular weight is 188 g/mol. The Balaban J connectivity index is 2.09. The Morgan fingerprint density at radius 3 is 3.29 bits per heavy atom. The highest BCUT2D eigenvalue weighted by Gasteiger charge is 2.31. The van der Waals surface area contributed by atoms with E-state index in [2.05, 4.69) is 22.9 Å². The maximum absolute atomic E-state index is 4.55. The lowest BCUT2D eigenvalue weighted by Gasteiger charge is -2.33. The first kappa shape index (κ1) is 8.27. The van der Waals surface area contributed by atoms with Crippen LogP contribution in [0.25, 0.3) is 0 Å². The summed E-state index contributed by atoms with van der Waals surface area (Å²) in [6, 6.07) is 2.92. The molecule has 0 radical (unpaired) electrons. The van der Waals surface area contributed by atoms with E-state index in [9.17, 15) is 0 Å². The number of aryl methyl sites for hydroxylation is 1. The fourth-order valence-corrected chi connectivity index (χ4v) is 2.86. The van der Waals surface area contributed by atoms with Crippen molar-refractivity contribution in [2.75, 3.05) is 11.4 Å². The molecule has 0 spiro atoms. The highest BCUT2D eigenvalue weighted by Crippen LogP contribution is 2.35. The second kappa shape index (κ2) is 2.97. The average Bonchev–Trinajstić information content (AvgIpc) is 2.66. The largest absolute Gasteiger partial charge is 0.353 e. The van der Waals surface area contributed by atoms with Crippen LogP contribution < -0.4 is 4.90 Å². The second-order valence-corrected chi connectivity index (χ2v) is 4.46. The zero-order valence-corrected chi connectivity index (χ0v) is 8.66. The zero-order chi connectivity index (χ0) is 9.54. The standard InChI is InChI=1S/C12H16N2/c1-9-6-7-13-12-11(9)5-4-10-3-2-8-14(10)12/h6-7,10H,2-5,8H2,1H3. The van der Waals surface area contributed by atoms with Gasteiger partial charge in [-0.25, -0.2) is 4.98 Å². The predicted molar refractivity (Wildman–Crippen MR) is 57.7 cm³/mol. The summed E-state index contributed by atoms with van der Waals surface area (Å²) in [7, 11) is 0. The van der Waals surface area contributed by atoms with Gasteiger partial charge < -0.3 is 4.90 Å². The van der Waals surface area contributed by atoms with Crippen LogP contribution in [-0.4, -0.2) is 17.6 Å². The van der Waals surface area contributed by atoms with E-state index in [1.54, 1.807) is 0 Å². The Bertz CT molecular complexity index is 359. The topological polar surface area (TPSA) is 16.1 Å². The van der Waals surface area contributed by atoms with Crippen LogP contribution in [0, 0.1) is 6.92 Å². The van der Waals surface area contributed by atoms with Gasteiger partial charge in [0.15, 0.2) is 0 Å². The summed E-state index contributed by atoms with van der Waals surface area (Å²) in [5.74, 6) is 1.28. The van der Waals surface area contributed by atoms with Crippen molar-refractivity contribution >= 4 is 5.82 Å². The lowest BCUT2D eigenvalue weighted by molar-refractivity contribution is 0.577. The SMILES string of the molecule is Cc1ccnc2c1CCC1CCCN21. The maximum Gasteiger partial charge on any atom is 0.132 e. The monoisotopic (exact) mass is 188 g/mol.